The van der Waals surface area contributed by atoms with Crippen LogP contribution in [0.5, 0.6) is 0 Å². The van der Waals surface area contributed by atoms with E-state index in [1.165, 1.54) is 12.8 Å². The molecule has 0 saturated heterocycles. The first-order valence-electron chi connectivity index (χ1n) is 6.13. The van der Waals surface area contributed by atoms with Gasteiger partial charge < -0.3 is 10.4 Å². The Kier molecular flexibility index (Phi) is 4.58. The lowest BCUT2D eigenvalue weighted by atomic mass is 9.88. The Morgan fingerprint density at radius 2 is 1.87 bits per heavy atom. The average molecular weight is 213 g/mol. The molecular formula is C12H23NO2. The van der Waals surface area contributed by atoms with E-state index >= 15 is 0 Å². The fourth-order valence-corrected chi connectivity index (χ4v) is 2.11. The van der Waals surface area contributed by atoms with Crippen LogP contribution in [-0.2, 0) is 4.79 Å². The number of hydrogen-bond donors (Lipinski definition) is 2. The van der Waals surface area contributed by atoms with E-state index in [-0.39, 0.29) is 0 Å². The SMILES string of the molecule is CCCC(CCC)(NCC1CC1)C(=O)O. The van der Waals surface area contributed by atoms with Gasteiger partial charge in [-0.3, -0.25) is 4.79 Å². The molecule has 0 heterocycles. The van der Waals surface area contributed by atoms with Gasteiger partial charge >= 0.3 is 5.97 Å². The maximum absolute atomic E-state index is 11.4. The zero-order valence-corrected chi connectivity index (χ0v) is 9.88. The second-order valence-corrected chi connectivity index (χ2v) is 4.71. The molecule has 1 fully saturated rings. The van der Waals surface area contributed by atoms with Crippen molar-refractivity contribution in [2.75, 3.05) is 6.54 Å². The van der Waals surface area contributed by atoms with E-state index in [4.69, 9.17) is 0 Å². The lowest BCUT2D eigenvalue weighted by Gasteiger charge is -2.30. The minimum absolute atomic E-state index is 0.661. The molecule has 0 aromatic carbocycles. The predicted octanol–water partition coefficient (Wildman–Crippen LogP) is 2.41. The fourth-order valence-electron chi connectivity index (χ4n) is 2.11. The lowest BCUT2D eigenvalue weighted by molar-refractivity contribution is -0.145. The highest BCUT2D eigenvalue weighted by Crippen LogP contribution is 2.29. The first-order valence-corrected chi connectivity index (χ1v) is 6.13. The third-order valence-electron chi connectivity index (χ3n) is 3.19. The van der Waals surface area contributed by atoms with Crippen LogP contribution in [0.4, 0.5) is 0 Å². The molecule has 0 aromatic rings. The Labute approximate surface area is 92.3 Å². The molecule has 15 heavy (non-hydrogen) atoms. The molecule has 1 aliphatic carbocycles. The van der Waals surface area contributed by atoms with Gasteiger partial charge in [-0.1, -0.05) is 26.7 Å². The molecular weight excluding hydrogens is 190 g/mol. The van der Waals surface area contributed by atoms with Gasteiger partial charge in [0.15, 0.2) is 0 Å². The van der Waals surface area contributed by atoms with Crippen molar-refractivity contribution in [3.05, 3.63) is 0 Å². The van der Waals surface area contributed by atoms with Crippen LogP contribution < -0.4 is 5.32 Å². The molecule has 2 N–H and O–H groups in total. The molecule has 0 aromatic heterocycles. The summed E-state index contributed by atoms with van der Waals surface area (Å²) in [6.45, 7) is 4.98. The van der Waals surface area contributed by atoms with E-state index in [2.05, 4.69) is 5.32 Å². The molecule has 88 valence electrons. The summed E-state index contributed by atoms with van der Waals surface area (Å²) in [6, 6.07) is 0. The number of carbonyl (C=O) groups is 1. The molecule has 0 atom stereocenters. The van der Waals surface area contributed by atoms with E-state index in [0.717, 1.165) is 38.1 Å². The number of aliphatic carboxylic acids is 1. The van der Waals surface area contributed by atoms with E-state index in [1.807, 2.05) is 13.8 Å². The molecule has 0 bridgehead atoms. The molecule has 1 rings (SSSR count). The zero-order valence-electron chi connectivity index (χ0n) is 9.88. The van der Waals surface area contributed by atoms with Crippen LogP contribution in [0.2, 0.25) is 0 Å². The summed E-state index contributed by atoms with van der Waals surface area (Å²) in [6.07, 6.45) is 5.85. The van der Waals surface area contributed by atoms with Crippen LogP contribution in [0.15, 0.2) is 0 Å². The van der Waals surface area contributed by atoms with Crippen LogP contribution in [0.1, 0.15) is 52.4 Å². The van der Waals surface area contributed by atoms with Gasteiger partial charge in [-0.25, -0.2) is 0 Å². The minimum Gasteiger partial charge on any atom is -0.480 e. The van der Waals surface area contributed by atoms with Gasteiger partial charge in [0.1, 0.15) is 5.54 Å². The Morgan fingerprint density at radius 3 is 2.20 bits per heavy atom. The maximum Gasteiger partial charge on any atom is 0.323 e. The maximum atomic E-state index is 11.4. The summed E-state index contributed by atoms with van der Waals surface area (Å²) >= 11 is 0. The van der Waals surface area contributed by atoms with Gasteiger partial charge in [0.2, 0.25) is 0 Å². The third kappa shape index (κ3) is 3.49. The number of nitrogens with one attached hydrogen (secondary N) is 1. The highest BCUT2D eigenvalue weighted by atomic mass is 16.4. The summed E-state index contributed by atoms with van der Waals surface area (Å²) in [7, 11) is 0. The molecule has 3 nitrogen and oxygen atoms in total. The first kappa shape index (κ1) is 12.5. The molecule has 1 aliphatic rings. The van der Waals surface area contributed by atoms with Crippen molar-refractivity contribution in [1.29, 1.82) is 0 Å². The van der Waals surface area contributed by atoms with Crippen LogP contribution in [0.3, 0.4) is 0 Å². The van der Waals surface area contributed by atoms with Crippen molar-refractivity contribution in [2.24, 2.45) is 5.92 Å². The van der Waals surface area contributed by atoms with Crippen molar-refractivity contribution in [1.82, 2.24) is 5.32 Å². The topological polar surface area (TPSA) is 49.3 Å². The molecule has 0 aliphatic heterocycles. The summed E-state index contributed by atoms with van der Waals surface area (Å²) in [5.41, 5.74) is -0.661. The number of carboxylic acid groups (broad SMARTS) is 1. The largest absolute Gasteiger partial charge is 0.480 e. The summed E-state index contributed by atoms with van der Waals surface area (Å²) in [5, 5.41) is 12.7. The van der Waals surface area contributed by atoms with E-state index in [0.29, 0.717) is 0 Å². The number of rotatable bonds is 8. The second kappa shape index (κ2) is 5.50. The van der Waals surface area contributed by atoms with Crippen LogP contribution in [0.25, 0.3) is 0 Å². The summed E-state index contributed by atoms with van der Waals surface area (Å²) in [5.74, 6) is 0.0595. The highest BCUT2D eigenvalue weighted by molar-refractivity contribution is 5.78. The number of carboxylic acids is 1. The van der Waals surface area contributed by atoms with Gasteiger partial charge in [0, 0.05) is 0 Å². The Balaban J connectivity index is 2.55. The fraction of sp³-hybridized carbons (Fsp3) is 0.917. The molecule has 0 radical (unpaired) electrons. The molecule has 0 amide bonds. The normalized spacial score (nSPS) is 16.7. The van der Waals surface area contributed by atoms with Crippen LogP contribution in [0, 0.1) is 5.92 Å². The van der Waals surface area contributed by atoms with E-state index < -0.39 is 11.5 Å². The minimum atomic E-state index is -0.674. The molecule has 0 unspecified atom stereocenters. The molecule has 1 saturated carbocycles. The van der Waals surface area contributed by atoms with Crippen molar-refractivity contribution in [3.63, 3.8) is 0 Å². The van der Waals surface area contributed by atoms with Gasteiger partial charge in [0.25, 0.3) is 0 Å². The molecule has 3 heteroatoms. The van der Waals surface area contributed by atoms with Gasteiger partial charge in [-0.2, -0.15) is 0 Å². The summed E-state index contributed by atoms with van der Waals surface area (Å²) < 4.78 is 0. The second-order valence-electron chi connectivity index (χ2n) is 4.71. The standard InChI is InChI=1S/C12H23NO2/c1-3-7-12(8-4-2,11(14)15)13-9-10-5-6-10/h10,13H,3-9H2,1-2H3,(H,14,15). The van der Waals surface area contributed by atoms with Crippen LogP contribution in [-0.4, -0.2) is 23.2 Å². The van der Waals surface area contributed by atoms with Gasteiger partial charge in [-0.05, 0) is 38.1 Å². The van der Waals surface area contributed by atoms with Gasteiger partial charge in [0.05, 0.1) is 0 Å². The zero-order chi connectivity index (χ0) is 11.3. The van der Waals surface area contributed by atoms with Crippen molar-refractivity contribution in [2.45, 2.75) is 57.9 Å². The predicted molar refractivity (Wildman–Crippen MR) is 60.9 cm³/mol. The first-order chi connectivity index (χ1) is 7.14. The lowest BCUT2D eigenvalue weighted by Crippen LogP contribution is -2.52. The third-order valence-corrected chi connectivity index (χ3v) is 3.19. The van der Waals surface area contributed by atoms with Gasteiger partial charge in [-0.15, -0.1) is 0 Å². The molecule has 0 spiro atoms. The summed E-state index contributed by atoms with van der Waals surface area (Å²) in [4.78, 5) is 11.4. The smallest absolute Gasteiger partial charge is 0.323 e. The Morgan fingerprint density at radius 1 is 1.33 bits per heavy atom. The Bertz CT molecular complexity index is 206. The quantitative estimate of drug-likeness (QED) is 0.651. The van der Waals surface area contributed by atoms with Crippen molar-refractivity contribution < 1.29 is 9.90 Å². The monoisotopic (exact) mass is 213 g/mol. The van der Waals surface area contributed by atoms with Crippen molar-refractivity contribution in [3.8, 4) is 0 Å². The highest BCUT2D eigenvalue weighted by Gasteiger charge is 2.37. The van der Waals surface area contributed by atoms with Crippen LogP contribution >= 0.6 is 0 Å². The average Bonchev–Trinajstić information content (AvgIpc) is 2.98. The van der Waals surface area contributed by atoms with E-state index in [9.17, 15) is 9.90 Å². The number of hydrogen-bond acceptors (Lipinski definition) is 2. The Hall–Kier alpha value is -0.570. The van der Waals surface area contributed by atoms with Crippen molar-refractivity contribution >= 4 is 5.97 Å². The van der Waals surface area contributed by atoms with E-state index in [1.54, 1.807) is 0 Å².